The van der Waals surface area contributed by atoms with Gasteiger partial charge < -0.3 is 10.5 Å². The van der Waals surface area contributed by atoms with Gasteiger partial charge in [0.2, 0.25) is 0 Å². The summed E-state index contributed by atoms with van der Waals surface area (Å²) in [6.07, 6.45) is 2.38. The Morgan fingerprint density at radius 1 is 1.31 bits per heavy atom. The van der Waals surface area contributed by atoms with E-state index in [1.54, 1.807) is 0 Å². The van der Waals surface area contributed by atoms with Gasteiger partial charge in [-0.3, -0.25) is 0 Å². The summed E-state index contributed by atoms with van der Waals surface area (Å²) in [6.45, 7) is 2.01. The molecule has 1 atom stereocenters. The molecule has 1 aromatic rings. The standard InChI is InChI=1S/C12H17F2NO/c1-3-4-5-11(15)12-9(13)6-8(16-2)7-10(12)14/h6-7,11H,3-5,15H2,1-2H3/t11-/m1/s1. The maximum absolute atomic E-state index is 13.6. The largest absolute Gasteiger partial charge is 0.497 e. The summed E-state index contributed by atoms with van der Waals surface area (Å²) < 4.78 is 31.9. The lowest BCUT2D eigenvalue weighted by molar-refractivity contribution is 0.402. The van der Waals surface area contributed by atoms with Gasteiger partial charge in [0, 0.05) is 23.7 Å². The van der Waals surface area contributed by atoms with Crippen molar-refractivity contribution in [2.45, 2.75) is 32.2 Å². The molecule has 0 saturated heterocycles. The molecule has 1 aromatic carbocycles. The van der Waals surface area contributed by atoms with Crippen LogP contribution in [0.15, 0.2) is 12.1 Å². The second-order valence-corrected chi connectivity index (χ2v) is 3.75. The predicted molar refractivity (Wildman–Crippen MR) is 59.4 cm³/mol. The summed E-state index contributed by atoms with van der Waals surface area (Å²) in [7, 11) is 1.37. The van der Waals surface area contributed by atoms with E-state index in [4.69, 9.17) is 10.5 Å². The van der Waals surface area contributed by atoms with Crippen LogP contribution in [0.25, 0.3) is 0 Å². The number of unbranched alkanes of at least 4 members (excludes halogenated alkanes) is 1. The Labute approximate surface area is 94.4 Å². The summed E-state index contributed by atoms with van der Waals surface area (Å²) in [6, 6.07) is 1.72. The van der Waals surface area contributed by atoms with Gasteiger partial charge in [-0.15, -0.1) is 0 Å². The van der Waals surface area contributed by atoms with E-state index in [1.165, 1.54) is 7.11 Å². The third-order valence-electron chi connectivity index (χ3n) is 2.53. The molecule has 0 radical (unpaired) electrons. The third-order valence-corrected chi connectivity index (χ3v) is 2.53. The average Bonchev–Trinajstić information content (AvgIpc) is 2.25. The first kappa shape index (κ1) is 12.9. The van der Waals surface area contributed by atoms with Gasteiger partial charge in [0.15, 0.2) is 0 Å². The number of ether oxygens (including phenoxy) is 1. The third kappa shape index (κ3) is 2.92. The molecule has 0 unspecified atom stereocenters. The summed E-state index contributed by atoms with van der Waals surface area (Å²) >= 11 is 0. The monoisotopic (exact) mass is 229 g/mol. The minimum Gasteiger partial charge on any atom is -0.497 e. The quantitative estimate of drug-likeness (QED) is 0.841. The van der Waals surface area contributed by atoms with Gasteiger partial charge in [-0.1, -0.05) is 19.8 Å². The lowest BCUT2D eigenvalue weighted by atomic mass is 10.0. The van der Waals surface area contributed by atoms with E-state index < -0.39 is 17.7 Å². The number of hydrogen-bond acceptors (Lipinski definition) is 2. The molecule has 0 aliphatic heterocycles. The summed E-state index contributed by atoms with van der Waals surface area (Å²) in [4.78, 5) is 0. The number of nitrogens with two attached hydrogens (primary N) is 1. The predicted octanol–water partition coefficient (Wildman–Crippen LogP) is 3.16. The van der Waals surface area contributed by atoms with Crippen molar-refractivity contribution in [2.75, 3.05) is 7.11 Å². The molecule has 0 amide bonds. The molecule has 0 aromatic heterocycles. The zero-order valence-electron chi connectivity index (χ0n) is 9.59. The molecule has 0 heterocycles. The van der Waals surface area contributed by atoms with Crippen LogP contribution in [-0.2, 0) is 0 Å². The Bertz CT molecular complexity index is 332. The number of benzene rings is 1. The average molecular weight is 229 g/mol. The molecule has 16 heavy (non-hydrogen) atoms. The molecule has 2 N–H and O–H groups in total. The first-order chi connectivity index (χ1) is 7.60. The highest BCUT2D eigenvalue weighted by atomic mass is 19.1. The highest BCUT2D eigenvalue weighted by Crippen LogP contribution is 2.26. The molecule has 0 saturated carbocycles. The molecule has 0 bridgehead atoms. The maximum Gasteiger partial charge on any atom is 0.134 e. The van der Waals surface area contributed by atoms with E-state index in [-0.39, 0.29) is 11.3 Å². The smallest absolute Gasteiger partial charge is 0.134 e. The highest BCUT2D eigenvalue weighted by Gasteiger charge is 2.17. The Balaban J connectivity index is 2.95. The SMILES string of the molecule is CCCC[C@@H](N)c1c(F)cc(OC)cc1F. The fourth-order valence-electron chi connectivity index (χ4n) is 1.60. The summed E-state index contributed by atoms with van der Waals surface area (Å²) in [5.74, 6) is -1.11. The molecule has 0 aliphatic rings. The lowest BCUT2D eigenvalue weighted by Gasteiger charge is -2.14. The van der Waals surface area contributed by atoms with E-state index in [0.29, 0.717) is 6.42 Å². The van der Waals surface area contributed by atoms with Crippen molar-refractivity contribution in [3.05, 3.63) is 29.3 Å². The van der Waals surface area contributed by atoms with Crippen molar-refractivity contribution < 1.29 is 13.5 Å². The van der Waals surface area contributed by atoms with Crippen LogP contribution in [0.2, 0.25) is 0 Å². The van der Waals surface area contributed by atoms with Crippen LogP contribution >= 0.6 is 0 Å². The van der Waals surface area contributed by atoms with Crippen molar-refractivity contribution in [1.82, 2.24) is 0 Å². The Hall–Kier alpha value is -1.16. The van der Waals surface area contributed by atoms with E-state index in [0.717, 1.165) is 25.0 Å². The number of rotatable bonds is 5. The first-order valence-corrected chi connectivity index (χ1v) is 5.38. The normalized spacial score (nSPS) is 12.6. The number of hydrogen-bond donors (Lipinski definition) is 1. The molecule has 2 nitrogen and oxygen atoms in total. The first-order valence-electron chi connectivity index (χ1n) is 5.38. The van der Waals surface area contributed by atoms with Crippen molar-refractivity contribution in [3.8, 4) is 5.75 Å². The molecule has 0 aliphatic carbocycles. The molecule has 1 rings (SSSR count). The van der Waals surface area contributed by atoms with Crippen molar-refractivity contribution in [1.29, 1.82) is 0 Å². The van der Waals surface area contributed by atoms with E-state index >= 15 is 0 Å². The highest BCUT2D eigenvalue weighted by molar-refractivity contribution is 5.32. The zero-order valence-corrected chi connectivity index (χ0v) is 9.59. The van der Waals surface area contributed by atoms with Gasteiger partial charge in [0.05, 0.1) is 7.11 Å². The van der Waals surface area contributed by atoms with Gasteiger partial charge in [-0.2, -0.15) is 0 Å². The fourth-order valence-corrected chi connectivity index (χ4v) is 1.60. The Morgan fingerprint density at radius 3 is 2.31 bits per heavy atom. The number of halogens is 2. The Morgan fingerprint density at radius 2 is 1.88 bits per heavy atom. The molecule has 0 fully saturated rings. The van der Waals surface area contributed by atoms with Crippen LogP contribution in [0.4, 0.5) is 8.78 Å². The van der Waals surface area contributed by atoms with Crippen LogP contribution in [-0.4, -0.2) is 7.11 Å². The van der Waals surface area contributed by atoms with Gasteiger partial charge in [-0.05, 0) is 6.42 Å². The fraction of sp³-hybridized carbons (Fsp3) is 0.500. The molecular weight excluding hydrogens is 212 g/mol. The molecule has 4 heteroatoms. The van der Waals surface area contributed by atoms with E-state index in [9.17, 15) is 8.78 Å². The molecule has 0 spiro atoms. The van der Waals surface area contributed by atoms with Gasteiger partial charge in [0.1, 0.15) is 17.4 Å². The second kappa shape index (κ2) is 5.80. The minimum atomic E-state index is -0.638. The lowest BCUT2D eigenvalue weighted by Crippen LogP contribution is -2.14. The van der Waals surface area contributed by atoms with Gasteiger partial charge >= 0.3 is 0 Å². The van der Waals surface area contributed by atoms with E-state index in [1.807, 2.05) is 6.92 Å². The topological polar surface area (TPSA) is 35.2 Å². The van der Waals surface area contributed by atoms with Crippen LogP contribution in [0, 0.1) is 11.6 Å². The zero-order chi connectivity index (χ0) is 12.1. The summed E-state index contributed by atoms with van der Waals surface area (Å²) in [5.41, 5.74) is 5.71. The van der Waals surface area contributed by atoms with Crippen LogP contribution < -0.4 is 10.5 Å². The Kier molecular flexibility index (Phi) is 4.68. The van der Waals surface area contributed by atoms with Crippen LogP contribution in [0.3, 0.4) is 0 Å². The van der Waals surface area contributed by atoms with Gasteiger partial charge in [0.25, 0.3) is 0 Å². The molecule has 90 valence electrons. The van der Waals surface area contributed by atoms with Crippen molar-refractivity contribution in [3.63, 3.8) is 0 Å². The second-order valence-electron chi connectivity index (χ2n) is 3.75. The van der Waals surface area contributed by atoms with Gasteiger partial charge in [-0.25, -0.2) is 8.78 Å². The number of methoxy groups -OCH3 is 1. The van der Waals surface area contributed by atoms with Crippen LogP contribution in [0.5, 0.6) is 5.75 Å². The minimum absolute atomic E-state index is 0.0470. The summed E-state index contributed by atoms with van der Waals surface area (Å²) in [5, 5.41) is 0. The van der Waals surface area contributed by atoms with Crippen LogP contribution in [0.1, 0.15) is 37.8 Å². The van der Waals surface area contributed by atoms with Crippen molar-refractivity contribution >= 4 is 0 Å². The maximum atomic E-state index is 13.6. The van der Waals surface area contributed by atoms with E-state index in [2.05, 4.69) is 0 Å². The molecular formula is C12H17F2NO. The van der Waals surface area contributed by atoms with Crippen molar-refractivity contribution in [2.24, 2.45) is 5.73 Å².